The van der Waals surface area contributed by atoms with E-state index >= 15 is 0 Å². The number of hydrogen-bond donors (Lipinski definition) is 0. The minimum absolute atomic E-state index is 0.0389. The highest BCUT2D eigenvalue weighted by molar-refractivity contribution is 6.01. The summed E-state index contributed by atoms with van der Waals surface area (Å²) in [6.45, 7) is 8.13. The second kappa shape index (κ2) is 7.94. The molecule has 2 aromatic carbocycles. The van der Waals surface area contributed by atoms with Gasteiger partial charge in [0.2, 0.25) is 0 Å². The summed E-state index contributed by atoms with van der Waals surface area (Å²) in [6.07, 6.45) is 0.830. The van der Waals surface area contributed by atoms with Gasteiger partial charge in [-0.15, -0.1) is 0 Å². The molecule has 1 aromatic heterocycles. The Hall–Kier alpha value is -3.74. The average molecular weight is 401 g/mol. The fourth-order valence-electron chi connectivity index (χ4n) is 3.10. The van der Waals surface area contributed by atoms with Crippen LogP contribution >= 0.6 is 0 Å². The lowest BCUT2D eigenvalue weighted by Crippen LogP contribution is -2.49. The summed E-state index contributed by atoms with van der Waals surface area (Å²) in [7, 11) is 1.64. The maximum Gasteiger partial charge on any atom is 0.349 e. The normalized spacial score (nSPS) is 13.8. The molecule has 0 aliphatic carbocycles. The lowest BCUT2D eigenvalue weighted by Gasteiger charge is -2.27. The van der Waals surface area contributed by atoms with E-state index in [1.54, 1.807) is 12.1 Å². The Bertz CT molecular complexity index is 1280. The Morgan fingerprint density at radius 2 is 1.83 bits per heavy atom. The Morgan fingerprint density at radius 1 is 1.10 bits per heavy atom. The molecule has 7 nitrogen and oxygen atoms in total. The van der Waals surface area contributed by atoms with Crippen LogP contribution in [0.15, 0.2) is 69.5 Å². The molecular weight excluding hydrogens is 378 g/mol. The van der Waals surface area contributed by atoms with Crippen LogP contribution in [0.2, 0.25) is 0 Å². The standard InChI is InChI=1S/C23H23N5O2/c1-5-15(2)28-22-20(16(3)27(4)23(29)25-22)24-21(26-28)17-10-9-13-19(14-17)30-18-11-7-6-8-12-18/h6-15H,3,5H2,1-2,4H3. The number of rotatable bonds is 5. The first-order chi connectivity index (χ1) is 14.5. The molecule has 0 saturated heterocycles. The number of aromatic nitrogens is 2. The van der Waals surface area contributed by atoms with Crippen molar-refractivity contribution in [3.63, 3.8) is 0 Å². The van der Waals surface area contributed by atoms with Gasteiger partial charge in [-0.3, -0.25) is 4.57 Å². The Labute approximate surface area is 174 Å². The van der Waals surface area contributed by atoms with E-state index in [-0.39, 0.29) is 11.7 Å². The predicted molar refractivity (Wildman–Crippen MR) is 118 cm³/mol. The van der Waals surface area contributed by atoms with Gasteiger partial charge in [0.25, 0.3) is 0 Å². The number of anilines is 1. The molecule has 2 heterocycles. The van der Waals surface area contributed by atoms with Crippen LogP contribution in [0.4, 0.5) is 5.82 Å². The monoisotopic (exact) mass is 401 g/mol. The van der Waals surface area contributed by atoms with E-state index in [2.05, 4.69) is 18.5 Å². The summed E-state index contributed by atoms with van der Waals surface area (Å²) in [6, 6.07) is 17.2. The number of amidine groups is 1. The van der Waals surface area contributed by atoms with Gasteiger partial charge in [-0.05, 0) is 37.6 Å². The smallest absolute Gasteiger partial charge is 0.349 e. The highest BCUT2D eigenvalue weighted by atomic mass is 16.5. The molecule has 3 aromatic rings. The van der Waals surface area contributed by atoms with Crippen LogP contribution in [0.1, 0.15) is 25.8 Å². The van der Waals surface area contributed by atoms with Gasteiger partial charge in [-0.1, -0.05) is 43.8 Å². The molecule has 0 amide bonds. The molecule has 0 bridgehead atoms. The van der Waals surface area contributed by atoms with Crippen LogP contribution in [0, 0.1) is 0 Å². The van der Waals surface area contributed by atoms with Crippen molar-refractivity contribution < 1.29 is 4.74 Å². The van der Waals surface area contributed by atoms with Crippen LogP contribution in [0.3, 0.4) is 0 Å². The second-order valence-corrected chi connectivity index (χ2v) is 7.15. The third kappa shape index (κ3) is 3.61. The zero-order chi connectivity index (χ0) is 21.3. The molecule has 1 aliphatic heterocycles. The molecular formula is C23H23N5O2. The van der Waals surface area contributed by atoms with Crippen molar-refractivity contribution in [1.29, 1.82) is 0 Å². The number of fused-ring (bicyclic) bond motifs is 1. The van der Waals surface area contributed by atoms with Gasteiger partial charge in [0.1, 0.15) is 16.9 Å². The number of hydrazone groups is 1. The molecule has 0 saturated carbocycles. The number of hydrogen-bond acceptors (Lipinski definition) is 6. The second-order valence-electron chi connectivity index (χ2n) is 7.15. The molecule has 0 fully saturated rings. The summed E-state index contributed by atoms with van der Waals surface area (Å²) in [5.74, 6) is 2.40. The molecule has 152 valence electrons. The molecule has 7 heteroatoms. The van der Waals surface area contributed by atoms with Gasteiger partial charge in [0, 0.05) is 12.6 Å². The highest BCUT2D eigenvalue weighted by Crippen LogP contribution is 2.23. The summed E-state index contributed by atoms with van der Waals surface area (Å²) >= 11 is 0. The quantitative estimate of drug-likeness (QED) is 0.659. The van der Waals surface area contributed by atoms with Gasteiger partial charge in [-0.2, -0.15) is 10.1 Å². The molecule has 1 aliphatic rings. The lowest BCUT2D eigenvalue weighted by atomic mass is 10.2. The SMILES string of the molecule is C=c1c2c(nc(=O)n1C)N(C(C)CC)N=C(c1cccc(Oc3ccccc3)c1)N=2. The van der Waals surface area contributed by atoms with Crippen LogP contribution in [-0.4, -0.2) is 21.4 Å². The van der Waals surface area contributed by atoms with Crippen molar-refractivity contribution in [3.8, 4) is 11.5 Å². The molecule has 0 spiro atoms. The minimum Gasteiger partial charge on any atom is -0.457 e. The molecule has 4 rings (SSSR count). The van der Waals surface area contributed by atoms with Crippen LogP contribution in [0.25, 0.3) is 6.58 Å². The van der Waals surface area contributed by atoms with Crippen molar-refractivity contribution in [1.82, 2.24) is 9.55 Å². The third-order valence-corrected chi connectivity index (χ3v) is 5.10. The van der Waals surface area contributed by atoms with Crippen molar-refractivity contribution >= 4 is 18.2 Å². The summed E-state index contributed by atoms with van der Waals surface area (Å²) < 4.78 is 7.35. The summed E-state index contributed by atoms with van der Waals surface area (Å²) in [5.41, 5.74) is 0.426. The van der Waals surface area contributed by atoms with Gasteiger partial charge < -0.3 is 4.74 Å². The van der Waals surface area contributed by atoms with E-state index < -0.39 is 0 Å². The minimum atomic E-state index is -0.376. The van der Waals surface area contributed by atoms with E-state index in [1.807, 2.05) is 61.5 Å². The van der Waals surface area contributed by atoms with Crippen molar-refractivity contribution in [2.45, 2.75) is 26.3 Å². The van der Waals surface area contributed by atoms with Gasteiger partial charge in [0.15, 0.2) is 11.7 Å². The lowest BCUT2D eigenvalue weighted by molar-refractivity contribution is 0.482. The fraction of sp³-hybridized carbons (Fsp3) is 0.217. The highest BCUT2D eigenvalue weighted by Gasteiger charge is 2.23. The number of para-hydroxylation sites is 1. The molecule has 0 radical (unpaired) electrons. The first-order valence-corrected chi connectivity index (χ1v) is 9.83. The van der Waals surface area contributed by atoms with Crippen LogP contribution < -0.4 is 26.1 Å². The summed E-state index contributed by atoms with van der Waals surface area (Å²) in [4.78, 5) is 21.1. The first kappa shape index (κ1) is 19.6. The van der Waals surface area contributed by atoms with Crippen LogP contribution in [-0.2, 0) is 7.05 Å². The largest absolute Gasteiger partial charge is 0.457 e. The third-order valence-electron chi connectivity index (χ3n) is 5.10. The first-order valence-electron chi connectivity index (χ1n) is 9.83. The Kier molecular flexibility index (Phi) is 5.18. The van der Waals surface area contributed by atoms with E-state index in [9.17, 15) is 4.79 Å². The summed E-state index contributed by atoms with van der Waals surface area (Å²) in [5, 5.41) is 7.53. The molecule has 0 N–H and O–H groups in total. The van der Waals surface area contributed by atoms with Crippen molar-refractivity contribution in [2.75, 3.05) is 5.01 Å². The maximum atomic E-state index is 12.2. The van der Waals surface area contributed by atoms with Gasteiger partial charge in [0.05, 0.1) is 11.4 Å². The molecule has 1 unspecified atom stereocenters. The fourth-order valence-corrected chi connectivity index (χ4v) is 3.10. The van der Waals surface area contributed by atoms with Crippen LogP contribution in [0.5, 0.6) is 11.5 Å². The number of benzene rings is 2. The predicted octanol–water partition coefficient (Wildman–Crippen LogP) is 2.58. The van der Waals surface area contributed by atoms with E-state index in [0.717, 1.165) is 17.7 Å². The van der Waals surface area contributed by atoms with E-state index in [1.165, 1.54) is 4.57 Å². The Morgan fingerprint density at radius 3 is 2.57 bits per heavy atom. The van der Waals surface area contributed by atoms with Gasteiger partial charge in [-0.25, -0.2) is 14.8 Å². The maximum absolute atomic E-state index is 12.2. The number of ether oxygens (including phenoxy) is 1. The van der Waals surface area contributed by atoms with E-state index in [0.29, 0.717) is 28.1 Å². The zero-order valence-electron chi connectivity index (χ0n) is 17.2. The number of nitrogens with zero attached hydrogens (tertiary/aromatic N) is 5. The molecule has 1 atom stereocenters. The molecule has 30 heavy (non-hydrogen) atoms. The zero-order valence-corrected chi connectivity index (χ0v) is 17.2. The topological polar surface area (TPSA) is 72.1 Å². The van der Waals surface area contributed by atoms with Gasteiger partial charge >= 0.3 is 5.69 Å². The van der Waals surface area contributed by atoms with E-state index in [4.69, 9.17) is 14.8 Å². The Balaban J connectivity index is 1.82. The van der Waals surface area contributed by atoms with Crippen molar-refractivity contribution in [3.05, 3.63) is 81.4 Å². The average Bonchev–Trinajstić information content (AvgIpc) is 2.77. The van der Waals surface area contributed by atoms with Crippen molar-refractivity contribution in [2.24, 2.45) is 17.1 Å².